The summed E-state index contributed by atoms with van der Waals surface area (Å²) >= 11 is 0. The highest BCUT2D eigenvalue weighted by Crippen LogP contribution is 2.06. The van der Waals surface area contributed by atoms with E-state index >= 15 is 0 Å². The van der Waals surface area contributed by atoms with Crippen molar-refractivity contribution in [1.29, 1.82) is 5.26 Å². The first-order chi connectivity index (χ1) is 12.7. The van der Waals surface area contributed by atoms with Gasteiger partial charge in [-0.3, -0.25) is 4.40 Å². The quantitative estimate of drug-likeness (QED) is 0.386. The highest BCUT2D eigenvalue weighted by molar-refractivity contribution is 5.87. The zero-order valence-electron chi connectivity index (χ0n) is 13.9. The molecule has 0 saturated heterocycles. The van der Waals surface area contributed by atoms with Gasteiger partial charge in [-0.15, -0.1) is 5.10 Å². The van der Waals surface area contributed by atoms with E-state index in [4.69, 9.17) is 10.00 Å². The van der Waals surface area contributed by atoms with E-state index in [-0.39, 0.29) is 12.3 Å². The zero-order valence-corrected chi connectivity index (χ0v) is 13.9. The van der Waals surface area contributed by atoms with Crippen molar-refractivity contribution >= 4 is 17.7 Å². The molecule has 7 heteroatoms. The molecule has 0 fully saturated rings. The summed E-state index contributed by atoms with van der Waals surface area (Å²) in [5.41, 5.74) is 1.64. The standard InChI is InChI=1S/C19H16N4O3/c20-14-16-6-3-5-15(13-16)8-9-18(24)26-12-4-11-23-19(25)22-10-2-1-7-17(22)21-23/h1-3,5-10,13H,4,11-12H2/b9-8+. The van der Waals surface area contributed by atoms with E-state index in [1.165, 1.54) is 15.2 Å². The van der Waals surface area contributed by atoms with Crippen LogP contribution in [0.25, 0.3) is 11.7 Å². The number of pyridine rings is 1. The highest BCUT2D eigenvalue weighted by atomic mass is 16.5. The summed E-state index contributed by atoms with van der Waals surface area (Å²) in [6, 6.07) is 14.3. The molecule has 2 heterocycles. The molecular weight excluding hydrogens is 332 g/mol. The molecule has 0 saturated carbocycles. The Labute approximate surface area is 149 Å². The van der Waals surface area contributed by atoms with Crippen LogP contribution in [0.15, 0.2) is 59.5 Å². The molecule has 0 N–H and O–H groups in total. The maximum absolute atomic E-state index is 12.1. The number of carbonyl (C=O) groups is 1. The molecule has 0 aliphatic heterocycles. The van der Waals surface area contributed by atoms with Crippen LogP contribution in [0.2, 0.25) is 0 Å². The molecule has 0 amide bonds. The van der Waals surface area contributed by atoms with Crippen LogP contribution >= 0.6 is 0 Å². The van der Waals surface area contributed by atoms with Gasteiger partial charge in [-0.2, -0.15) is 5.26 Å². The third-order valence-corrected chi connectivity index (χ3v) is 3.67. The number of hydrogen-bond acceptors (Lipinski definition) is 5. The monoisotopic (exact) mass is 348 g/mol. The van der Waals surface area contributed by atoms with Gasteiger partial charge in [0.2, 0.25) is 0 Å². The number of benzene rings is 1. The smallest absolute Gasteiger partial charge is 0.350 e. The predicted molar refractivity (Wildman–Crippen MR) is 95.2 cm³/mol. The van der Waals surface area contributed by atoms with Gasteiger partial charge in [0.15, 0.2) is 5.65 Å². The normalized spacial score (nSPS) is 10.9. The molecule has 1 aromatic carbocycles. The molecule has 2 aromatic heterocycles. The van der Waals surface area contributed by atoms with Crippen LogP contribution in [-0.2, 0) is 16.1 Å². The molecular formula is C19H16N4O3. The third-order valence-electron chi connectivity index (χ3n) is 3.67. The van der Waals surface area contributed by atoms with Crippen molar-refractivity contribution in [2.45, 2.75) is 13.0 Å². The molecule has 0 atom stereocenters. The second-order valence-electron chi connectivity index (χ2n) is 5.53. The predicted octanol–water partition coefficient (Wildman–Crippen LogP) is 2.01. The van der Waals surface area contributed by atoms with Gasteiger partial charge in [-0.1, -0.05) is 18.2 Å². The van der Waals surface area contributed by atoms with E-state index in [1.54, 1.807) is 48.7 Å². The summed E-state index contributed by atoms with van der Waals surface area (Å²) in [6.45, 7) is 0.545. The van der Waals surface area contributed by atoms with E-state index in [0.717, 1.165) is 5.56 Å². The number of fused-ring (bicyclic) bond motifs is 1. The summed E-state index contributed by atoms with van der Waals surface area (Å²) in [6.07, 6.45) is 5.05. The van der Waals surface area contributed by atoms with Crippen LogP contribution < -0.4 is 5.69 Å². The van der Waals surface area contributed by atoms with Gasteiger partial charge in [0.1, 0.15) is 0 Å². The second-order valence-corrected chi connectivity index (χ2v) is 5.53. The lowest BCUT2D eigenvalue weighted by Crippen LogP contribution is -2.21. The van der Waals surface area contributed by atoms with E-state index in [0.29, 0.717) is 24.2 Å². The van der Waals surface area contributed by atoms with Gasteiger partial charge in [0, 0.05) is 25.2 Å². The number of aryl methyl sites for hydroxylation is 1. The Balaban J connectivity index is 1.49. The molecule has 3 aromatic rings. The summed E-state index contributed by atoms with van der Waals surface area (Å²) in [4.78, 5) is 23.8. The van der Waals surface area contributed by atoms with E-state index in [9.17, 15) is 9.59 Å². The first kappa shape index (κ1) is 17.2. The first-order valence-electron chi connectivity index (χ1n) is 8.06. The van der Waals surface area contributed by atoms with Crippen LogP contribution in [0.3, 0.4) is 0 Å². The largest absolute Gasteiger partial charge is 0.462 e. The molecule has 3 rings (SSSR count). The molecule has 130 valence electrons. The number of hydrogen-bond donors (Lipinski definition) is 0. The lowest BCUT2D eigenvalue weighted by molar-refractivity contribution is -0.137. The van der Waals surface area contributed by atoms with E-state index < -0.39 is 5.97 Å². The van der Waals surface area contributed by atoms with Crippen molar-refractivity contribution < 1.29 is 9.53 Å². The van der Waals surface area contributed by atoms with Gasteiger partial charge in [-0.05, 0) is 35.9 Å². The Kier molecular flexibility index (Phi) is 5.25. The lowest BCUT2D eigenvalue weighted by Gasteiger charge is -2.01. The van der Waals surface area contributed by atoms with Crippen molar-refractivity contribution in [3.63, 3.8) is 0 Å². The van der Waals surface area contributed by atoms with Crippen molar-refractivity contribution in [2.24, 2.45) is 0 Å². The van der Waals surface area contributed by atoms with Crippen LogP contribution in [0, 0.1) is 11.3 Å². The first-order valence-corrected chi connectivity index (χ1v) is 8.06. The average molecular weight is 348 g/mol. The Morgan fingerprint density at radius 2 is 2.15 bits per heavy atom. The van der Waals surface area contributed by atoms with Gasteiger partial charge >= 0.3 is 11.7 Å². The molecule has 0 radical (unpaired) electrons. The SMILES string of the molecule is N#Cc1cccc(/C=C/C(=O)OCCCn2nc3ccccn3c2=O)c1. The zero-order chi connectivity index (χ0) is 18.4. The van der Waals surface area contributed by atoms with Crippen LogP contribution in [0.1, 0.15) is 17.5 Å². The fraction of sp³-hybridized carbons (Fsp3) is 0.158. The summed E-state index contributed by atoms with van der Waals surface area (Å²) in [5.74, 6) is -0.477. The fourth-order valence-corrected chi connectivity index (χ4v) is 2.43. The summed E-state index contributed by atoms with van der Waals surface area (Å²) in [7, 11) is 0. The molecule has 26 heavy (non-hydrogen) atoms. The van der Waals surface area contributed by atoms with Crippen molar-refractivity contribution in [2.75, 3.05) is 6.61 Å². The van der Waals surface area contributed by atoms with Gasteiger partial charge in [-0.25, -0.2) is 14.3 Å². The Hall–Kier alpha value is -3.66. The number of nitrogens with zero attached hydrogens (tertiary/aromatic N) is 4. The van der Waals surface area contributed by atoms with Crippen LogP contribution in [0.5, 0.6) is 0 Å². The van der Waals surface area contributed by atoms with Gasteiger partial charge < -0.3 is 4.74 Å². The number of ether oxygens (including phenoxy) is 1. The Morgan fingerprint density at radius 3 is 2.96 bits per heavy atom. The minimum Gasteiger partial charge on any atom is -0.462 e. The van der Waals surface area contributed by atoms with E-state index in [1.807, 2.05) is 12.1 Å². The summed E-state index contributed by atoms with van der Waals surface area (Å²) < 4.78 is 7.93. The maximum atomic E-state index is 12.1. The number of nitriles is 1. The Bertz CT molecular complexity index is 1060. The molecule has 0 unspecified atom stereocenters. The minimum absolute atomic E-state index is 0.182. The van der Waals surface area contributed by atoms with Crippen molar-refractivity contribution in [3.05, 3.63) is 76.3 Å². The Morgan fingerprint density at radius 1 is 1.27 bits per heavy atom. The second kappa shape index (κ2) is 7.94. The topological polar surface area (TPSA) is 89.4 Å². The van der Waals surface area contributed by atoms with Crippen molar-refractivity contribution in [1.82, 2.24) is 14.2 Å². The number of rotatable bonds is 6. The lowest BCUT2D eigenvalue weighted by atomic mass is 10.1. The van der Waals surface area contributed by atoms with Gasteiger partial charge in [0.25, 0.3) is 0 Å². The third kappa shape index (κ3) is 4.05. The minimum atomic E-state index is -0.477. The number of carbonyl (C=O) groups excluding carboxylic acids is 1. The van der Waals surface area contributed by atoms with Crippen molar-refractivity contribution in [3.8, 4) is 6.07 Å². The molecule has 0 aliphatic carbocycles. The summed E-state index contributed by atoms with van der Waals surface area (Å²) in [5, 5.41) is 13.1. The molecule has 0 bridgehead atoms. The van der Waals surface area contributed by atoms with E-state index in [2.05, 4.69) is 5.10 Å². The molecule has 0 aliphatic rings. The number of aromatic nitrogens is 3. The maximum Gasteiger partial charge on any atom is 0.350 e. The highest BCUT2D eigenvalue weighted by Gasteiger charge is 2.05. The van der Waals surface area contributed by atoms with Crippen LogP contribution in [-0.4, -0.2) is 26.8 Å². The average Bonchev–Trinajstić information content (AvgIpc) is 3.00. The number of esters is 1. The molecule has 7 nitrogen and oxygen atoms in total. The fourth-order valence-electron chi connectivity index (χ4n) is 2.43. The molecule has 0 spiro atoms. The van der Waals surface area contributed by atoms with Crippen LogP contribution in [0.4, 0.5) is 0 Å². The van der Waals surface area contributed by atoms with Gasteiger partial charge in [0.05, 0.1) is 18.2 Å².